The first-order valence-electron chi connectivity index (χ1n) is 6.44. The molecule has 0 unspecified atom stereocenters. The summed E-state index contributed by atoms with van der Waals surface area (Å²) in [5.41, 5.74) is 2.18. The Morgan fingerprint density at radius 1 is 1.33 bits per heavy atom. The van der Waals surface area contributed by atoms with Crippen LogP contribution in [0.2, 0.25) is 0 Å². The lowest BCUT2D eigenvalue weighted by Crippen LogP contribution is -2.41. The van der Waals surface area contributed by atoms with Gasteiger partial charge in [0.05, 0.1) is 11.6 Å². The number of piperidine rings is 1. The fourth-order valence-electron chi connectivity index (χ4n) is 2.80. The van der Waals surface area contributed by atoms with Crippen molar-refractivity contribution < 1.29 is 4.79 Å². The molecule has 18 heavy (non-hydrogen) atoms. The summed E-state index contributed by atoms with van der Waals surface area (Å²) in [5, 5.41) is 8.83. The lowest BCUT2D eigenvalue weighted by molar-refractivity contribution is -0.119. The van der Waals surface area contributed by atoms with Gasteiger partial charge in [-0.25, -0.2) is 0 Å². The zero-order valence-corrected chi connectivity index (χ0v) is 10.7. The monoisotopic (exact) mass is 242 g/mol. The van der Waals surface area contributed by atoms with Gasteiger partial charge in [0.25, 0.3) is 0 Å². The summed E-state index contributed by atoms with van der Waals surface area (Å²) in [6, 6.07) is 10.1. The molecule has 1 aromatic carbocycles. The van der Waals surface area contributed by atoms with Crippen LogP contribution in [0.1, 0.15) is 37.3 Å². The van der Waals surface area contributed by atoms with E-state index in [9.17, 15) is 4.79 Å². The summed E-state index contributed by atoms with van der Waals surface area (Å²) in [4.78, 5) is 12.6. The van der Waals surface area contributed by atoms with E-state index in [1.807, 2.05) is 17.0 Å². The number of nitrogens with zero attached hydrogens (tertiary/aromatic N) is 2. The van der Waals surface area contributed by atoms with Crippen molar-refractivity contribution in [3.8, 4) is 6.07 Å². The number of likely N-dealkylation sites (tertiary alicyclic amines) is 1. The molecule has 0 atom stereocenters. The molecule has 0 bridgehead atoms. The number of carbonyl (C=O) groups is 1. The Morgan fingerprint density at radius 3 is 2.39 bits per heavy atom. The van der Waals surface area contributed by atoms with Gasteiger partial charge in [-0.05, 0) is 42.4 Å². The average Bonchev–Trinajstić information content (AvgIpc) is 2.47. The molecule has 1 aliphatic rings. The minimum absolute atomic E-state index is 0.174. The van der Waals surface area contributed by atoms with Crippen LogP contribution in [0.15, 0.2) is 24.3 Å². The molecule has 0 radical (unpaired) electrons. The van der Waals surface area contributed by atoms with Gasteiger partial charge >= 0.3 is 0 Å². The maximum atomic E-state index is 10.8. The highest BCUT2D eigenvalue weighted by molar-refractivity contribution is 5.47. The van der Waals surface area contributed by atoms with Crippen molar-refractivity contribution in [2.45, 2.75) is 31.6 Å². The Bertz CT molecular complexity index is 450. The molecule has 0 aromatic heterocycles. The smallest absolute Gasteiger partial charge is 0.209 e. The second kappa shape index (κ2) is 5.22. The first-order valence-corrected chi connectivity index (χ1v) is 6.44. The number of hydrogen-bond donors (Lipinski definition) is 0. The number of amides is 1. The van der Waals surface area contributed by atoms with E-state index in [1.165, 1.54) is 5.56 Å². The molecule has 0 aliphatic carbocycles. The van der Waals surface area contributed by atoms with Gasteiger partial charge in [0.1, 0.15) is 0 Å². The van der Waals surface area contributed by atoms with Gasteiger partial charge in [-0.2, -0.15) is 5.26 Å². The molecule has 1 fully saturated rings. The largest absolute Gasteiger partial charge is 0.345 e. The van der Waals surface area contributed by atoms with Gasteiger partial charge in [0, 0.05) is 13.1 Å². The molecule has 1 aromatic rings. The summed E-state index contributed by atoms with van der Waals surface area (Å²) in [7, 11) is 0. The molecule has 2 rings (SSSR count). The summed E-state index contributed by atoms with van der Waals surface area (Å²) in [5.74, 6) is 0. The standard InChI is InChI=1S/C15H18N2O/c1-2-15(7-9-17(12-18)10-8-15)14-5-3-13(11-16)4-6-14/h3-6,12H,2,7-10H2,1H3. The maximum absolute atomic E-state index is 10.8. The third-order valence-electron chi connectivity index (χ3n) is 4.21. The van der Waals surface area contributed by atoms with Crippen LogP contribution in [0, 0.1) is 11.3 Å². The van der Waals surface area contributed by atoms with Crippen LogP contribution in [-0.2, 0) is 10.2 Å². The number of nitriles is 1. The minimum Gasteiger partial charge on any atom is -0.345 e. The predicted molar refractivity (Wildman–Crippen MR) is 70.0 cm³/mol. The van der Waals surface area contributed by atoms with Crippen LogP contribution in [0.25, 0.3) is 0 Å². The first kappa shape index (κ1) is 12.6. The van der Waals surface area contributed by atoms with Crippen molar-refractivity contribution in [2.75, 3.05) is 13.1 Å². The molecule has 0 N–H and O–H groups in total. The van der Waals surface area contributed by atoms with E-state index in [4.69, 9.17) is 5.26 Å². The van der Waals surface area contributed by atoms with E-state index in [0.717, 1.165) is 38.8 Å². The Hall–Kier alpha value is -1.82. The van der Waals surface area contributed by atoms with Crippen LogP contribution >= 0.6 is 0 Å². The van der Waals surface area contributed by atoms with Crippen LogP contribution in [0.3, 0.4) is 0 Å². The van der Waals surface area contributed by atoms with Crippen molar-refractivity contribution >= 4 is 6.41 Å². The summed E-state index contributed by atoms with van der Waals surface area (Å²) in [6.45, 7) is 3.86. The van der Waals surface area contributed by atoms with Crippen molar-refractivity contribution in [1.29, 1.82) is 5.26 Å². The van der Waals surface area contributed by atoms with Gasteiger partial charge < -0.3 is 4.90 Å². The molecule has 0 saturated carbocycles. The molecule has 1 saturated heterocycles. The second-order valence-electron chi connectivity index (χ2n) is 4.96. The number of hydrogen-bond acceptors (Lipinski definition) is 2. The van der Waals surface area contributed by atoms with Crippen LogP contribution in [0.4, 0.5) is 0 Å². The number of rotatable bonds is 3. The van der Waals surface area contributed by atoms with E-state index in [1.54, 1.807) is 0 Å². The molecule has 3 heteroatoms. The average molecular weight is 242 g/mol. The minimum atomic E-state index is 0.174. The van der Waals surface area contributed by atoms with Crippen molar-refractivity contribution in [3.05, 3.63) is 35.4 Å². The highest BCUT2D eigenvalue weighted by Crippen LogP contribution is 2.38. The van der Waals surface area contributed by atoms with Crippen LogP contribution < -0.4 is 0 Å². The first-order chi connectivity index (χ1) is 8.74. The van der Waals surface area contributed by atoms with Gasteiger partial charge in [-0.3, -0.25) is 4.79 Å². The summed E-state index contributed by atoms with van der Waals surface area (Å²) in [6.07, 6.45) is 4.03. The normalized spacial score (nSPS) is 18.1. The Labute approximate surface area is 108 Å². The summed E-state index contributed by atoms with van der Waals surface area (Å²) < 4.78 is 0. The molecule has 0 spiro atoms. The molecular formula is C15H18N2O. The van der Waals surface area contributed by atoms with E-state index in [2.05, 4.69) is 25.1 Å². The Balaban J connectivity index is 2.22. The third-order valence-corrected chi connectivity index (χ3v) is 4.21. The fourth-order valence-corrected chi connectivity index (χ4v) is 2.80. The van der Waals surface area contributed by atoms with Gasteiger partial charge in [-0.1, -0.05) is 19.1 Å². The fraction of sp³-hybridized carbons (Fsp3) is 0.467. The number of carbonyl (C=O) groups excluding carboxylic acids is 1. The zero-order chi connectivity index (χ0) is 13.0. The van der Waals surface area contributed by atoms with Crippen molar-refractivity contribution in [3.63, 3.8) is 0 Å². The molecule has 94 valence electrons. The van der Waals surface area contributed by atoms with E-state index in [-0.39, 0.29) is 5.41 Å². The topological polar surface area (TPSA) is 44.1 Å². The molecule has 3 nitrogen and oxygen atoms in total. The third kappa shape index (κ3) is 2.24. The molecule has 1 amide bonds. The molecule has 1 heterocycles. The lowest BCUT2D eigenvalue weighted by atomic mass is 9.71. The Kier molecular flexibility index (Phi) is 3.66. The van der Waals surface area contributed by atoms with Crippen molar-refractivity contribution in [2.24, 2.45) is 0 Å². The highest BCUT2D eigenvalue weighted by Gasteiger charge is 2.34. The van der Waals surface area contributed by atoms with E-state index < -0.39 is 0 Å². The summed E-state index contributed by atoms with van der Waals surface area (Å²) >= 11 is 0. The second-order valence-corrected chi connectivity index (χ2v) is 4.96. The van der Waals surface area contributed by atoms with E-state index in [0.29, 0.717) is 5.56 Å². The van der Waals surface area contributed by atoms with Crippen LogP contribution in [-0.4, -0.2) is 24.4 Å². The quantitative estimate of drug-likeness (QED) is 0.764. The van der Waals surface area contributed by atoms with E-state index >= 15 is 0 Å². The highest BCUT2D eigenvalue weighted by atomic mass is 16.1. The van der Waals surface area contributed by atoms with Gasteiger partial charge in [0.15, 0.2) is 0 Å². The number of benzene rings is 1. The molecule has 1 aliphatic heterocycles. The lowest BCUT2D eigenvalue weighted by Gasteiger charge is -2.40. The van der Waals surface area contributed by atoms with Crippen LogP contribution in [0.5, 0.6) is 0 Å². The van der Waals surface area contributed by atoms with Gasteiger partial charge in [-0.15, -0.1) is 0 Å². The zero-order valence-electron chi connectivity index (χ0n) is 10.7. The molecular weight excluding hydrogens is 224 g/mol. The maximum Gasteiger partial charge on any atom is 0.209 e. The Morgan fingerprint density at radius 2 is 1.94 bits per heavy atom. The van der Waals surface area contributed by atoms with Gasteiger partial charge in [0.2, 0.25) is 6.41 Å². The SMILES string of the molecule is CCC1(c2ccc(C#N)cc2)CCN(C=O)CC1. The van der Waals surface area contributed by atoms with Crippen molar-refractivity contribution in [1.82, 2.24) is 4.90 Å². The predicted octanol–water partition coefficient (Wildman–Crippen LogP) is 2.46.